The monoisotopic (exact) mass is 461 g/mol. The lowest BCUT2D eigenvalue weighted by Crippen LogP contribution is -2.49. The Morgan fingerprint density at radius 2 is 1.71 bits per heavy atom. The molecule has 1 saturated carbocycles. The van der Waals surface area contributed by atoms with Crippen LogP contribution in [0, 0.1) is 20.8 Å². The molecule has 1 aliphatic carbocycles. The molecule has 0 atom stereocenters. The van der Waals surface area contributed by atoms with E-state index in [1.165, 1.54) is 12.8 Å². The molecule has 5 rings (SSSR count). The van der Waals surface area contributed by atoms with Crippen molar-refractivity contribution in [3.05, 3.63) is 53.2 Å². The number of hydrogen-bond acceptors (Lipinski definition) is 7. The molecule has 0 radical (unpaired) electrons. The topological polar surface area (TPSA) is 89.3 Å². The summed E-state index contributed by atoms with van der Waals surface area (Å²) < 4.78 is 7.77. The van der Waals surface area contributed by atoms with Crippen LogP contribution in [-0.2, 0) is 0 Å². The van der Waals surface area contributed by atoms with Crippen molar-refractivity contribution >= 4 is 11.7 Å². The van der Waals surface area contributed by atoms with Gasteiger partial charge in [0.15, 0.2) is 5.82 Å². The van der Waals surface area contributed by atoms with Crippen molar-refractivity contribution in [1.29, 1.82) is 0 Å². The van der Waals surface area contributed by atoms with Gasteiger partial charge in [0, 0.05) is 50.2 Å². The number of pyridine rings is 1. The maximum Gasteiger partial charge on any atom is 0.255 e. The molecule has 0 bridgehead atoms. The molecular weight excluding hydrogens is 430 g/mol. The maximum absolute atomic E-state index is 13.0. The van der Waals surface area contributed by atoms with Gasteiger partial charge in [-0.2, -0.15) is 5.10 Å². The lowest BCUT2D eigenvalue weighted by molar-refractivity contribution is 0.0746. The van der Waals surface area contributed by atoms with Gasteiger partial charge < -0.3 is 14.5 Å². The summed E-state index contributed by atoms with van der Waals surface area (Å²) in [6.07, 6.45) is 6.49. The molecule has 178 valence electrons. The SMILES string of the molecule is Cc1cc(C)n(-c2cc(N3CCN(C(=O)c4ccc(OC5CCCC5)nc4)CC3)nc(C)n2)n1. The van der Waals surface area contributed by atoms with Gasteiger partial charge >= 0.3 is 0 Å². The first-order chi connectivity index (χ1) is 16.5. The highest BCUT2D eigenvalue weighted by molar-refractivity contribution is 5.94. The fourth-order valence-corrected chi connectivity index (χ4v) is 4.74. The number of amides is 1. The quantitative estimate of drug-likeness (QED) is 0.576. The van der Waals surface area contributed by atoms with Gasteiger partial charge in [0.25, 0.3) is 5.91 Å². The van der Waals surface area contributed by atoms with Crippen molar-refractivity contribution in [2.24, 2.45) is 0 Å². The molecule has 9 nitrogen and oxygen atoms in total. The van der Waals surface area contributed by atoms with E-state index in [2.05, 4.69) is 25.0 Å². The zero-order chi connectivity index (χ0) is 23.7. The standard InChI is InChI=1S/C25H31N7O2/c1-17-14-18(2)32(29-17)23-15-22(27-19(3)28-23)30-10-12-31(13-11-30)25(33)20-8-9-24(26-16-20)34-21-6-4-5-7-21/h8-9,14-16,21H,4-7,10-13H2,1-3H3. The Morgan fingerprint density at radius 3 is 2.35 bits per heavy atom. The van der Waals surface area contributed by atoms with Crippen LogP contribution in [0.2, 0.25) is 0 Å². The Kier molecular flexibility index (Phi) is 6.17. The van der Waals surface area contributed by atoms with Crippen LogP contribution in [0.4, 0.5) is 5.82 Å². The van der Waals surface area contributed by atoms with Gasteiger partial charge in [-0.15, -0.1) is 0 Å². The number of carbonyl (C=O) groups excluding carboxylic acids is 1. The van der Waals surface area contributed by atoms with Crippen LogP contribution >= 0.6 is 0 Å². The molecule has 9 heteroatoms. The number of aromatic nitrogens is 5. The van der Waals surface area contributed by atoms with Crippen molar-refractivity contribution in [3.8, 4) is 11.7 Å². The minimum Gasteiger partial charge on any atom is -0.474 e. The minimum absolute atomic E-state index is 0.00163. The normalized spacial score (nSPS) is 16.8. The third kappa shape index (κ3) is 4.73. The number of nitrogens with zero attached hydrogens (tertiary/aromatic N) is 7. The van der Waals surface area contributed by atoms with E-state index >= 15 is 0 Å². The zero-order valence-electron chi connectivity index (χ0n) is 20.1. The second kappa shape index (κ2) is 9.40. The fourth-order valence-electron chi connectivity index (χ4n) is 4.74. The van der Waals surface area contributed by atoms with Gasteiger partial charge in [0.1, 0.15) is 17.7 Å². The maximum atomic E-state index is 13.0. The van der Waals surface area contributed by atoms with Gasteiger partial charge in [0.2, 0.25) is 5.88 Å². The van der Waals surface area contributed by atoms with Crippen molar-refractivity contribution in [3.63, 3.8) is 0 Å². The van der Waals surface area contributed by atoms with Crippen LogP contribution in [0.1, 0.15) is 53.3 Å². The molecule has 0 spiro atoms. The van der Waals surface area contributed by atoms with Crippen LogP contribution in [-0.4, -0.2) is 67.8 Å². The third-order valence-corrected chi connectivity index (χ3v) is 6.50. The Balaban J connectivity index is 1.22. The Bertz CT molecular complexity index is 1160. The molecule has 2 aliphatic rings. The van der Waals surface area contributed by atoms with Crippen LogP contribution in [0.15, 0.2) is 30.5 Å². The van der Waals surface area contributed by atoms with Gasteiger partial charge in [0.05, 0.1) is 11.3 Å². The predicted octanol–water partition coefficient (Wildman–Crippen LogP) is 3.27. The first-order valence-corrected chi connectivity index (χ1v) is 12.0. The van der Waals surface area contributed by atoms with Crippen LogP contribution in [0.25, 0.3) is 5.82 Å². The van der Waals surface area contributed by atoms with Gasteiger partial charge in [-0.05, 0) is 58.6 Å². The average molecular weight is 462 g/mol. The van der Waals surface area contributed by atoms with E-state index in [0.29, 0.717) is 43.4 Å². The van der Waals surface area contributed by atoms with Gasteiger partial charge in [-0.1, -0.05) is 0 Å². The molecule has 1 saturated heterocycles. The molecular formula is C25H31N7O2. The Labute approximate surface area is 199 Å². The summed E-state index contributed by atoms with van der Waals surface area (Å²) in [6, 6.07) is 7.63. The van der Waals surface area contributed by atoms with E-state index in [1.807, 2.05) is 54.6 Å². The second-order valence-electron chi connectivity index (χ2n) is 9.16. The van der Waals surface area contributed by atoms with E-state index in [9.17, 15) is 4.79 Å². The van der Waals surface area contributed by atoms with E-state index in [1.54, 1.807) is 6.20 Å². The highest BCUT2D eigenvalue weighted by Crippen LogP contribution is 2.23. The molecule has 3 aromatic heterocycles. The highest BCUT2D eigenvalue weighted by atomic mass is 16.5. The number of carbonyl (C=O) groups is 1. The number of ether oxygens (including phenoxy) is 1. The Hall–Kier alpha value is -3.49. The molecule has 1 amide bonds. The second-order valence-corrected chi connectivity index (χ2v) is 9.16. The molecule has 3 aromatic rings. The lowest BCUT2D eigenvalue weighted by atomic mass is 10.2. The average Bonchev–Trinajstić information content (AvgIpc) is 3.47. The smallest absolute Gasteiger partial charge is 0.255 e. The van der Waals surface area contributed by atoms with Crippen molar-refractivity contribution < 1.29 is 9.53 Å². The molecule has 34 heavy (non-hydrogen) atoms. The van der Waals surface area contributed by atoms with Crippen LogP contribution < -0.4 is 9.64 Å². The third-order valence-electron chi connectivity index (χ3n) is 6.50. The number of piperazine rings is 1. The van der Waals surface area contributed by atoms with Gasteiger partial charge in [-0.3, -0.25) is 4.79 Å². The molecule has 2 fully saturated rings. The molecule has 0 unspecified atom stereocenters. The fraction of sp³-hybridized carbons (Fsp3) is 0.480. The van der Waals surface area contributed by atoms with Crippen molar-refractivity contribution in [1.82, 2.24) is 29.6 Å². The molecule has 1 aliphatic heterocycles. The summed E-state index contributed by atoms with van der Waals surface area (Å²) in [4.78, 5) is 30.7. The summed E-state index contributed by atoms with van der Waals surface area (Å²) >= 11 is 0. The molecule has 4 heterocycles. The number of rotatable bonds is 5. The number of aryl methyl sites for hydroxylation is 3. The molecule has 0 aromatic carbocycles. The zero-order valence-corrected chi connectivity index (χ0v) is 20.1. The largest absolute Gasteiger partial charge is 0.474 e. The highest BCUT2D eigenvalue weighted by Gasteiger charge is 2.24. The first kappa shape index (κ1) is 22.3. The number of hydrogen-bond donors (Lipinski definition) is 0. The lowest BCUT2D eigenvalue weighted by Gasteiger charge is -2.35. The van der Waals surface area contributed by atoms with E-state index in [0.717, 1.165) is 35.9 Å². The Morgan fingerprint density at radius 1 is 0.971 bits per heavy atom. The van der Waals surface area contributed by atoms with Gasteiger partial charge in [-0.25, -0.2) is 19.6 Å². The summed E-state index contributed by atoms with van der Waals surface area (Å²) in [5.41, 5.74) is 2.58. The summed E-state index contributed by atoms with van der Waals surface area (Å²) in [5.74, 6) is 2.92. The number of anilines is 1. The first-order valence-electron chi connectivity index (χ1n) is 12.0. The van der Waals surface area contributed by atoms with E-state index in [-0.39, 0.29) is 12.0 Å². The van der Waals surface area contributed by atoms with E-state index in [4.69, 9.17) is 4.74 Å². The summed E-state index contributed by atoms with van der Waals surface area (Å²) in [7, 11) is 0. The minimum atomic E-state index is 0.00163. The van der Waals surface area contributed by atoms with Crippen LogP contribution in [0.3, 0.4) is 0 Å². The predicted molar refractivity (Wildman–Crippen MR) is 129 cm³/mol. The van der Waals surface area contributed by atoms with Crippen molar-refractivity contribution in [2.45, 2.75) is 52.6 Å². The summed E-state index contributed by atoms with van der Waals surface area (Å²) in [5, 5.41) is 4.55. The molecule has 0 N–H and O–H groups in total. The van der Waals surface area contributed by atoms with E-state index < -0.39 is 0 Å². The van der Waals surface area contributed by atoms with Crippen molar-refractivity contribution in [2.75, 3.05) is 31.1 Å². The van der Waals surface area contributed by atoms with Crippen LogP contribution in [0.5, 0.6) is 5.88 Å². The summed E-state index contributed by atoms with van der Waals surface area (Å²) in [6.45, 7) is 8.54.